The van der Waals surface area contributed by atoms with Crippen LogP contribution in [0.3, 0.4) is 0 Å². The third-order valence-electron chi connectivity index (χ3n) is 4.37. The fourth-order valence-electron chi connectivity index (χ4n) is 2.65. The van der Waals surface area contributed by atoms with Crippen LogP contribution in [-0.2, 0) is 4.74 Å². The number of rotatable bonds is 6. The van der Waals surface area contributed by atoms with Gasteiger partial charge in [0, 0.05) is 18.8 Å². The molecule has 1 saturated heterocycles. The van der Waals surface area contributed by atoms with Crippen LogP contribution >= 0.6 is 0 Å². The van der Waals surface area contributed by atoms with E-state index in [2.05, 4.69) is 10.4 Å². The van der Waals surface area contributed by atoms with Gasteiger partial charge in [-0.3, -0.25) is 0 Å². The molecule has 0 amide bonds. The molecule has 2 N–H and O–H groups in total. The van der Waals surface area contributed by atoms with Gasteiger partial charge in [-0.25, -0.2) is 9.07 Å². The first kappa shape index (κ1) is 16.1. The first-order chi connectivity index (χ1) is 11.0. The lowest BCUT2D eigenvalue weighted by Gasteiger charge is -2.40. The molecule has 1 atom stereocenters. The fraction of sp³-hybridized carbons (Fsp3) is 0.471. The number of hydrogen-bond acceptors (Lipinski definition) is 4. The van der Waals surface area contributed by atoms with Crippen molar-refractivity contribution < 1.29 is 14.2 Å². The molecule has 6 heteroatoms. The van der Waals surface area contributed by atoms with Crippen molar-refractivity contribution in [2.24, 2.45) is 5.41 Å². The predicted octanol–water partition coefficient (Wildman–Crippen LogP) is 1.98. The van der Waals surface area contributed by atoms with Crippen molar-refractivity contribution in [2.75, 3.05) is 26.4 Å². The zero-order chi connectivity index (χ0) is 16.4. The van der Waals surface area contributed by atoms with Gasteiger partial charge in [-0.2, -0.15) is 5.10 Å². The van der Waals surface area contributed by atoms with Crippen molar-refractivity contribution in [1.82, 2.24) is 15.1 Å². The minimum atomic E-state index is -0.303. The summed E-state index contributed by atoms with van der Waals surface area (Å²) in [6.07, 6.45) is 3.49. The molecule has 1 unspecified atom stereocenters. The molecule has 0 radical (unpaired) electrons. The van der Waals surface area contributed by atoms with Crippen molar-refractivity contribution in [1.29, 1.82) is 0 Å². The Bertz CT molecular complexity index is 677. The van der Waals surface area contributed by atoms with Gasteiger partial charge in [0.25, 0.3) is 0 Å². The summed E-state index contributed by atoms with van der Waals surface area (Å²) in [7, 11) is 0. The lowest BCUT2D eigenvalue weighted by molar-refractivity contribution is -0.135. The molecule has 2 heterocycles. The van der Waals surface area contributed by atoms with Crippen LogP contribution in [0.2, 0.25) is 0 Å². The Morgan fingerprint density at radius 2 is 2.26 bits per heavy atom. The van der Waals surface area contributed by atoms with E-state index in [1.807, 2.05) is 19.9 Å². The summed E-state index contributed by atoms with van der Waals surface area (Å²) in [6, 6.07) is 5.16. The highest BCUT2D eigenvalue weighted by atomic mass is 19.1. The van der Waals surface area contributed by atoms with Crippen LogP contribution in [-0.4, -0.2) is 41.3 Å². The van der Waals surface area contributed by atoms with Crippen molar-refractivity contribution in [3.63, 3.8) is 0 Å². The van der Waals surface area contributed by atoms with E-state index in [1.165, 1.54) is 6.07 Å². The number of aromatic nitrogens is 2. The number of halogens is 1. The standard InChI is InChI=1S/C17H22FN3O2/c1-12-6-20-21(7-12)16-4-3-14(5-15(16)18)13(2)19-8-17(9-22)10-23-11-17/h3-7,13,19,22H,8-11H2,1-2H3. The minimum absolute atomic E-state index is 0.0121. The molecule has 124 valence electrons. The quantitative estimate of drug-likeness (QED) is 0.855. The van der Waals surface area contributed by atoms with Gasteiger partial charge in [-0.15, -0.1) is 0 Å². The van der Waals surface area contributed by atoms with Gasteiger partial charge in [0.2, 0.25) is 0 Å². The Balaban J connectivity index is 1.69. The van der Waals surface area contributed by atoms with E-state index in [1.54, 1.807) is 23.1 Å². The molecule has 3 rings (SSSR count). The summed E-state index contributed by atoms with van der Waals surface area (Å²) < 4.78 is 21.1. The van der Waals surface area contributed by atoms with Crippen LogP contribution in [0, 0.1) is 18.2 Å². The average molecular weight is 319 g/mol. The molecule has 0 bridgehead atoms. The van der Waals surface area contributed by atoms with E-state index < -0.39 is 0 Å². The molecule has 1 aromatic heterocycles. The Morgan fingerprint density at radius 1 is 1.48 bits per heavy atom. The van der Waals surface area contributed by atoms with Gasteiger partial charge >= 0.3 is 0 Å². The minimum Gasteiger partial charge on any atom is -0.396 e. The number of ether oxygens (including phenoxy) is 1. The van der Waals surface area contributed by atoms with Crippen LogP contribution < -0.4 is 5.32 Å². The smallest absolute Gasteiger partial charge is 0.149 e. The fourth-order valence-corrected chi connectivity index (χ4v) is 2.65. The summed E-state index contributed by atoms with van der Waals surface area (Å²) in [6.45, 7) is 5.77. The number of aliphatic hydroxyl groups excluding tert-OH is 1. The van der Waals surface area contributed by atoms with Crippen LogP contribution in [0.5, 0.6) is 0 Å². The van der Waals surface area contributed by atoms with E-state index in [0.29, 0.717) is 25.4 Å². The Morgan fingerprint density at radius 3 is 2.78 bits per heavy atom. The number of benzene rings is 1. The van der Waals surface area contributed by atoms with Gasteiger partial charge in [0.1, 0.15) is 11.5 Å². The molecule has 0 spiro atoms. The molecule has 1 aliphatic rings. The first-order valence-electron chi connectivity index (χ1n) is 7.76. The number of nitrogens with zero attached hydrogens (tertiary/aromatic N) is 2. The molecular weight excluding hydrogens is 297 g/mol. The summed E-state index contributed by atoms with van der Waals surface area (Å²) in [5, 5.41) is 16.9. The number of nitrogens with one attached hydrogen (secondary N) is 1. The van der Waals surface area contributed by atoms with E-state index in [-0.39, 0.29) is 23.9 Å². The second-order valence-corrected chi connectivity index (χ2v) is 6.43. The van der Waals surface area contributed by atoms with Crippen LogP contribution in [0.15, 0.2) is 30.6 Å². The average Bonchev–Trinajstić information content (AvgIpc) is 2.92. The Hall–Kier alpha value is -1.76. The number of hydrogen-bond donors (Lipinski definition) is 2. The largest absolute Gasteiger partial charge is 0.396 e. The SMILES string of the molecule is Cc1cnn(-c2ccc(C(C)NCC3(CO)COC3)cc2F)c1. The van der Waals surface area contributed by atoms with Crippen molar-refractivity contribution in [3.8, 4) is 5.69 Å². The van der Waals surface area contributed by atoms with E-state index >= 15 is 0 Å². The second-order valence-electron chi connectivity index (χ2n) is 6.43. The summed E-state index contributed by atoms with van der Waals surface area (Å²) >= 11 is 0. The second kappa shape index (κ2) is 6.39. The molecule has 1 fully saturated rings. The third-order valence-corrected chi connectivity index (χ3v) is 4.37. The molecule has 23 heavy (non-hydrogen) atoms. The van der Waals surface area contributed by atoms with Crippen molar-refractivity contribution >= 4 is 0 Å². The van der Waals surface area contributed by atoms with Gasteiger partial charge in [-0.05, 0) is 37.1 Å². The Labute approximate surface area is 135 Å². The van der Waals surface area contributed by atoms with E-state index in [9.17, 15) is 9.50 Å². The highest BCUT2D eigenvalue weighted by Crippen LogP contribution is 2.27. The lowest BCUT2D eigenvalue weighted by atomic mass is 9.86. The normalized spacial score (nSPS) is 17.7. The van der Waals surface area contributed by atoms with E-state index in [4.69, 9.17) is 4.74 Å². The molecule has 5 nitrogen and oxygen atoms in total. The molecule has 1 aliphatic heterocycles. The first-order valence-corrected chi connectivity index (χ1v) is 7.76. The summed E-state index contributed by atoms with van der Waals surface area (Å²) in [5.41, 5.74) is 2.09. The molecule has 2 aromatic rings. The molecule has 1 aromatic carbocycles. The topological polar surface area (TPSA) is 59.3 Å². The van der Waals surface area contributed by atoms with Crippen LogP contribution in [0.1, 0.15) is 24.1 Å². The zero-order valence-corrected chi connectivity index (χ0v) is 13.4. The maximum Gasteiger partial charge on any atom is 0.149 e. The zero-order valence-electron chi connectivity index (χ0n) is 13.4. The van der Waals surface area contributed by atoms with Gasteiger partial charge < -0.3 is 15.2 Å². The molecular formula is C17H22FN3O2. The number of aliphatic hydroxyl groups is 1. The summed E-state index contributed by atoms with van der Waals surface area (Å²) in [4.78, 5) is 0. The molecule has 0 aliphatic carbocycles. The highest BCUT2D eigenvalue weighted by Gasteiger charge is 2.38. The maximum absolute atomic E-state index is 14.4. The van der Waals surface area contributed by atoms with Crippen LogP contribution in [0.4, 0.5) is 4.39 Å². The highest BCUT2D eigenvalue weighted by molar-refractivity contribution is 5.37. The summed E-state index contributed by atoms with van der Waals surface area (Å²) in [5.74, 6) is -0.303. The van der Waals surface area contributed by atoms with Crippen LogP contribution in [0.25, 0.3) is 5.69 Å². The monoisotopic (exact) mass is 319 g/mol. The van der Waals surface area contributed by atoms with Crippen molar-refractivity contribution in [2.45, 2.75) is 19.9 Å². The molecule has 0 saturated carbocycles. The maximum atomic E-state index is 14.4. The Kier molecular flexibility index (Phi) is 4.48. The van der Waals surface area contributed by atoms with Crippen molar-refractivity contribution in [3.05, 3.63) is 47.5 Å². The van der Waals surface area contributed by atoms with Gasteiger partial charge in [0.05, 0.1) is 31.4 Å². The van der Waals surface area contributed by atoms with Gasteiger partial charge in [0.15, 0.2) is 0 Å². The van der Waals surface area contributed by atoms with E-state index in [0.717, 1.165) is 11.1 Å². The predicted molar refractivity (Wildman–Crippen MR) is 85.0 cm³/mol. The lowest BCUT2D eigenvalue weighted by Crippen LogP contribution is -2.52. The van der Waals surface area contributed by atoms with Gasteiger partial charge in [-0.1, -0.05) is 6.07 Å². The number of aryl methyl sites for hydroxylation is 1. The third kappa shape index (κ3) is 3.29.